The quantitative estimate of drug-likeness (QED) is 0.275. The summed E-state index contributed by atoms with van der Waals surface area (Å²) in [6.07, 6.45) is -1.42. The Bertz CT molecular complexity index is 720. The molecule has 0 aliphatic carbocycles. The van der Waals surface area contributed by atoms with Crippen molar-refractivity contribution in [3.05, 3.63) is 71.8 Å². The maximum Gasteiger partial charge on any atom is 0.306 e. The van der Waals surface area contributed by atoms with Gasteiger partial charge in [-0.3, -0.25) is 9.59 Å². The fourth-order valence-electron chi connectivity index (χ4n) is 2.68. The van der Waals surface area contributed by atoms with Crippen molar-refractivity contribution < 1.29 is 28.5 Å². The Hall–Kier alpha value is -2.12. The van der Waals surface area contributed by atoms with Gasteiger partial charge in [0, 0.05) is 0 Å². The van der Waals surface area contributed by atoms with Crippen LogP contribution in [-0.4, -0.2) is 49.1 Å². The third-order valence-electron chi connectivity index (χ3n) is 4.30. The van der Waals surface area contributed by atoms with Crippen LogP contribution in [0.1, 0.15) is 24.0 Å². The molecule has 0 aliphatic heterocycles. The van der Waals surface area contributed by atoms with Gasteiger partial charge in [-0.2, -0.15) is 0 Å². The van der Waals surface area contributed by atoms with Crippen LogP contribution in [0.25, 0.3) is 0 Å². The van der Waals surface area contributed by atoms with E-state index in [0.717, 1.165) is 11.1 Å². The molecule has 0 saturated carbocycles. The Kier molecular flexibility index (Phi) is 12.8. The largest absolute Gasteiger partial charge is 0.459 e. The van der Waals surface area contributed by atoms with Gasteiger partial charge in [-0.15, -0.1) is 23.2 Å². The smallest absolute Gasteiger partial charge is 0.306 e. The lowest BCUT2D eigenvalue weighted by Gasteiger charge is -2.17. The normalized spacial score (nSPS) is 12.7. The molecule has 0 radical (unpaired) electrons. The average molecular weight is 483 g/mol. The van der Waals surface area contributed by atoms with Crippen molar-refractivity contribution in [2.75, 3.05) is 25.0 Å². The summed E-state index contributed by atoms with van der Waals surface area (Å²) in [4.78, 5) is 24.1. The molecule has 0 heterocycles. The van der Waals surface area contributed by atoms with Crippen molar-refractivity contribution in [2.45, 2.75) is 38.3 Å². The summed E-state index contributed by atoms with van der Waals surface area (Å²) >= 11 is 11.7. The monoisotopic (exact) mass is 482 g/mol. The molecule has 0 aromatic heterocycles. The maximum absolute atomic E-state index is 12.0. The van der Waals surface area contributed by atoms with Crippen LogP contribution < -0.4 is 0 Å². The van der Waals surface area contributed by atoms with Gasteiger partial charge < -0.3 is 18.9 Å². The summed E-state index contributed by atoms with van der Waals surface area (Å²) in [5.74, 6) is -0.895. The predicted molar refractivity (Wildman–Crippen MR) is 123 cm³/mol. The Balaban J connectivity index is 1.61. The van der Waals surface area contributed by atoms with Gasteiger partial charge in [-0.25, -0.2) is 0 Å². The van der Waals surface area contributed by atoms with E-state index in [1.807, 2.05) is 60.7 Å². The third-order valence-corrected chi connectivity index (χ3v) is 4.99. The van der Waals surface area contributed by atoms with E-state index in [9.17, 15) is 9.59 Å². The molecule has 2 unspecified atom stereocenters. The van der Waals surface area contributed by atoms with Gasteiger partial charge in [0.2, 0.25) is 0 Å². The molecule has 32 heavy (non-hydrogen) atoms. The number of hydrogen-bond donors (Lipinski definition) is 0. The van der Waals surface area contributed by atoms with Crippen LogP contribution in [-0.2, 0) is 41.8 Å². The van der Waals surface area contributed by atoms with Gasteiger partial charge in [0.1, 0.15) is 12.2 Å². The van der Waals surface area contributed by atoms with Crippen molar-refractivity contribution in [3.8, 4) is 0 Å². The first kappa shape index (κ1) is 26.1. The van der Waals surface area contributed by atoms with E-state index in [1.165, 1.54) is 0 Å². The lowest BCUT2D eigenvalue weighted by atomic mass is 10.2. The zero-order valence-corrected chi connectivity index (χ0v) is 19.3. The van der Waals surface area contributed by atoms with Gasteiger partial charge in [0.25, 0.3) is 0 Å². The van der Waals surface area contributed by atoms with Crippen LogP contribution in [0.15, 0.2) is 60.7 Å². The second kappa shape index (κ2) is 15.6. The average Bonchev–Trinajstić information content (AvgIpc) is 2.82. The van der Waals surface area contributed by atoms with E-state index < -0.39 is 24.1 Å². The number of rotatable bonds is 15. The van der Waals surface area contributed by atoms with Crippen LogP contribution in [0.3, 0.4) is 0 Å². The number of esters is 2. The van der Waals surface area contributed by atoms with E-state index in [2.05, 4.69) is 0 Å². The SMILES string of the molecule is O=C(CCC(=O)OC(CCl)COCc1ccccc1)OC(CCl)COCc1ccccc1. The number of halogens is 2. The lowest BCUT2D eigenvalue weighted by molar-refractivity contribution is -0.158. The number of carbonyl (C=O) groups excluding carboxylic acids is 2. The summed E-state index contributed by atoms with van der Waals surface area (Å²) in [6.45, 7) is 1.12. The molecule has 0 spiro atoms. The highest BCUT2D eigenvalue weighted by molar-refractivity contribution is 6.18. The first-order valence-electron chi connectivity index (χ1n) is 10.3. The van der Waals surface area contributed by atoms with E-state index in [1.54, 1.807) is 0 Å². The Labute approximate surface area is 198 Å². The highest BCUT2D eigenvalue weighted by Crippen LogP contribution is 2.08. The standard InChI is InChI=1S/C24H28Cl2O6/c25-13-21(17-29-15-19-7-3-1-4-8-19)31-23(27)11-12-24(28)32-22(14-26)18-30-16-20-9-5-2-6-10-20/h1-10,21-22H,11-18H2. The van der Waals surface area contributed by atoms with Crippen molar-refractivity contribution in [3.63, 3.8) is 0 Å². The van der Waals surface area contributed by atoms with Crippen LogP contribution in [0.2, 0.25) is 0 Å². The topological polar surface area (TPSA) is 71.1 Å². The van der Waals surface area contributed by atoms with Crippen LogP contribution >= 0.6 is 23.2 Å². The van der Waals surface area contributed by atoms with Gasteiger partial charge in [0.05, 0.1) is 51.0 Å². The van der Waals surface area contributed by atoms with Crippen LogP contribution in [0, 0.1) is 0 Å². The molecule has 0 aliphatic rings. The second-order valence-corrected chi connectivity index (χ2v) is 7.65. The van der Waals surface area contributed by atoms with Gasteiger partial charge >= 0.3 is 11.9 Å². The summed E-state index contributed by atoms with van der Waals surface area (Å²) in [5.41, 5.74) is 2.02. The minimum Gasteiger partial charge on any atom is -0.459 e. The molecule has 2 rings (SSSR count). The molecular weight excluding hydrogens is 455 g/mol. The third kappa shape index (κ3) is 11.0. The van der Waals surface area contributed by atoms with Gasteiger partial charge in [-0.05, 0) is 11.1 Å². The lowest BCUT2D eigenvalue weighted by Crippen LogP contribution is -2.27. The molecule has 0 fully saturated rings. The molecule has 0 amide bonds. The number of benzene rings is 2. The fourth-order valence-corrected chi connectivity index (χ4v) is 2.98. The molecule has 0 bridgehead atoms. The zero-order chi connectivity index (χ0) is 23.0. The van der Waals surface area contributed by atoms with E-state index >= 15 is 0 Å². The molecule has 2 atom stereocenters. The summed E-state index contributed by atoms with van der Waals surface area (Å²) in [5, 5.41) is 0. The Morgan fingerprint density at radius 2 is 1.03 bits per heavy atom. The summed E-state index contributed by atoms with van der Waals surface area (Å²) in [7, 11) is 0. The first-order chi connectivity index (χ1) is 15.6. The molecule has 0 N–H and O–H groups in total. The predicted octanol–water partition coefficient (Wildman–Crippen LogP) is 4.50. The highest BCUT2D eigenvalue weighted by atomic mass is 35.5. The van der Waals surface area contributed by atoms with Crippen LogP contribution in [0.4, 0.5) is 0 Å². The minimum absolute atomic E-state index is 0.0953. The molecule has 8 heteroatoms. The number of hydrogen-bond acceptors (Lipinski definition) is 6. The van der Waals surface area contributed by atoms with Crippen molar-refractivity contribution >= 4 is 35.1 Å². The fraction of sp³-hybridized carbons (Fsp3) is 0.417. The first-order valence-corrected chi connectivity index (χ1v) is 11.4. The zero-order valence-electron chi connectivity index (χ0n) is 17.8. The number of ether oxygens (including phenoxy) is 4. The van der Waals surface area contributed by atoms with Crippen molar-refractivity contribution in [1.29, 1.82) is 0 Å². The summed E-state index contributed by atoms with van der Waals surface area (Å²) in [6, 6.07) is 19.3. The van der Waals surface area contributed by atoms with E-state index in [-0.39, 0.29) is 37.8 Å². The molecular formula is C24H28Cl2O6. The van der Waals surface area contributed by atoms with E-state index in [0.29, 0.717) is 13.2 Å². The Morgan fingerprint density at radius 3 is 1.38 bits per heavy atom. The maximum atomic E-state index is 12.0. The van der Waals surface area contributed by atoms with Gasteiger partial charge in [0.15, 0.2) is 0 Å². The van der Waals surface area contributed by atoms with Gasteiger partial charge in [-0.1, -0.05) is 60.7 Å². The minimum atomic E-state index is -0.592. The molecule has 6 nitrogen and oxygen atoms in total. The molecule has 2 aromatic rings. The number of carbonyl (C=O) groups is 2. The highest BCUT2D eigenvalue weighted by Gasteiger charge is 2.18. The molecule has 2 aromatic carbocycles. The molecule has 0 saturated heterocycles. The van der Waals surface area contributed by atoms with Crippen molar-refractivity contribution in [2.24, 2.45) is 0 Å². The second-order valence-electron chi connectivity index (χ2n) is 7.03. The van der Waals surface area contributed by atoms with Crippen molar-refractivity contribution in [1.82, 2.24) is 0 Å². The Morgan fingerprint density at radius 1 is 0.656 bits per heavy atom. The summed E-state index contributed by atoms with van der Waals surface area (Å²) < 4.78 is 21.7. The molecule has 174 valence electrons. The van der Waals surface area contributed by atoms with E-state index in [4.69, 9.17) is 42.1 Å². The number of alkyl halides is 2. The van der Waals surface area contributed by atoms with Crippen LogP contribution in [0.5, 0.6) is 0 Å².